The lowest BCUT2D eigenvalue weighted by molar-refractivity contribution is -0.114. The van der Waals surface area contributed by atoms with E-state index in [9.17, 15) is 13.2 Å². The normalized spacial score (nSPS) is 11.0. The second kappa shape index (κ2) is 6.59. The predicted molar refractivity (Wildman–Crippen MR) is 86.1 cm³/mol. The quantitative estimate of drug-likeness (QED) is 0.780. The number of aryl methyl sites for hydroxylation is 1. The lowest BCUT2D eigenvalue weighted by Crippen LogP contribution is -2.22. The Morgan fingerprint density at radius 2 is 1.82 bits per heavy atom. The lowest BCUT2D eigenvalue weighted by atomic mass is 10.2. The summed E-state index contributed by atoms with van der Waals surface area (Å²) in [6, 6.07) is 13.0. The van der Waals surface area contributed by atoms with Crippen LogP contribution in [0.3, 0.4) is 0 Å². The highest BCUT2D eigenvalue weighted by Gasteiger charge is 2.14. The molecule has 1 amide bonds. The van der Waals surface area contributed by atoms with Crippen LogP contribution in [0.15, 0.2) is 53.4 Å². The molecule has 0 aliphatic rings. The standard InChI is InChI=1S/C15H17N3O3S/c1-11-7-8-12(9-14(11)17-15(19)10-16)18-22(20,21)13-5-3-2-4-6-13/h2-9,18H,10,16H2,1H3,(H,17,19). The van der Waals surface area contributed by atoms with Crippen molar-refractivity contribution in [2.24, 2.45) is 5.73 Å². The zero-order valence-corrected chi connectivity index (χ0v) is 12.9. The van der Waals surface area contributed by atoms with Crippen LogP contribution in [-0.4, -0.2) is 20.9 Å². The van der Waals surface area contributed by atoms with Crippen LogP contribution in [0, 0.1) is 6.92 Å². The van der Waals surface area contributed by atoms with Gasteiger partial charge in [0.05, 0.1) is 17.1 Å². The molecule has 6 nitrogen and oxygen atoms in total. The molecule has 0 radical (unpaired) electrons. The highest BCUT2D eigenvalue weighted by molar-refractivity contribution is 7.92. The van der Waals surface area contributed by atoms with E-state index in [0.29, 0.717) is 11.4 Å². The average molecular weight is 319 g/mol. The Balaban J connectivity index is 2.27. The van der Waals surface area contributed by atoms with Crippen LogP contribution in [0.5, 0.6) is 0 Å². The summed E-state index contributed by atoms with van der Waals surface area (Å²) in [5.74, 6) is -0.342. The number of amides is 1. The van der Waals surface area contributed by atoms with Crippen LogP contribution in [0.1, 0.15) is 5.56 Å². The third-order valence-electron chi connectivity index (χ3n) is 3.00. The number of nitrogens with two attached hydrogens (primary N) is 1. The molecule has 0 unspecified atom stereocenters. The fraction of sp³-hybridized carbons (Fsp3) is 0.133. The molecular formula is C15H17N3O3S. The van der Waals surface area contributed by atoms with Crippen LogP contribution in [0.25, 0.3) is 0 Å². The Morgan fingerprint density at radius 3 is 2.45 bits per heavy atom. The Morgan fingerprint density at radius 1 is 1.14 bits per heavy atom. The van der Waals surface area contributed by atoms with Crippen molar-refractivity contribution in [3.63, 3.8) is 0 Å². The maximum atomic E-state index is 12.3. The molecule has 22 heavy (non-hydrogen) atoms. The predicted octanol–water partition coefficient (Wildman–Crippen LogP) is 1.69. The number of hydrogen-bond acceptors (Lipinski definition) is 4. The molecule has 0 saturated heterocycles. The summed E-state index contributed by atoms with van der Waals surface area (Å²) in [6.45, 7) is 1.67. The Hall–Kier alpha value is -2.38. The van der Waals surface area contributed by atoms with Crippen LogP contribution in [0.2, 0.25) is 0 Å². The molecule has 0 atom stereocenters. The van der Waals surface area contributed by atoms with E-state index in [1.165, 1.54) is 12.1 Å². The summed E-state index contributed by atoms with van der Waals surface area (Å²) in [4.78, 5) is 11.5. The summed E-state index contributed by atoms with van der Waals surface area (Å²) in [5, 5.41) is 2.63. The molecule has 0 aliphatic heterocycles. The molecule has 2 aromatic carbocycles. The molecule has 0 fully saturated rings. The van der Waals surface area contributed by atoms with Crippen molar-refractivity contribution in [1.82, 2.24) is 0 Å². The fourth-order valence-electron chi connectivity index (χ4n) is 1.84. The largest absolute Gasteiger partial charge is 0.325 e. The first kappa shape index (κ1) is 16.0. The first-order valence-corrected chi connectivity index (χ1v) is 8.09. The second-order valence-electron chi connectivity index (χ2n) is 4.70. The van der Waals surface area contributed by atoms with Gasteiger partial charge in [0.2, 0.25) is 5.91 Å². The Kier molecular flexibility index (Phi) is 4.79. The Bertz CT molecular complexity index is 774. The average Bonchev–Trinajstić information content (AvgIpc) is 2.51. The van der Waals surface area contributed by atoms with E-state index in [-0.39, 0.29) is 17.3 Å². The van der Waals surface area contributed by atoms with E-state index in [2.05, 4.69) is 10.0 Å². The minimum absolute atomic E-state index is 0.139. The van der Waals surface area contributed by atoms with E-state index in [4.69, 9.17) is 5.73 Å². The van der Waals surface area contributed by atoms with Crippen molar-refractivity contribution < 1.29 is 13.2 Å². The van der Waals surface area contributed by atoms with E-state index in [0.717, 1.165) is 5.56 Å². The van der Waals surface area contributed by atoms with Gasteiger partial charge in [0.1, 0.15) is 0 Å². The van der Waals surface area contributed by atoms with Crippen LogP contribution in [-0.2, 0) is 14.8 Å². The Labute approximate surface area is 129 Å². The number of anilines is 2. The molecule has 116 valence electrons. The highest BCUT2D eigenvalue weighted by atomic mass is 32.2. The van der Waals surface area contributed by atoms with Crippen LogP contribution < -0.4 is 15.8 Å². The topological polar surface area (TPSA) is 101 Å². The molecular weight excluding hydrogens is 302 g/mol. The van der Waals surface area contributed by atoms with Gasteiger partial charge in [-0.2, -0.15) is 0 Å². The van der Waals surface area contributed by atoms with Crippen molar-refractivity contribution in [2.75, 3.05) is 16.6 Å². The highest BCUT2D eigenvalue weighted by Crippen LogP contribution is 2.22. The maximum absolute atomic E-state index is 12.3. The van der Waals surface area contributed by atoms with E-state index < -0.39 is 10.0 Å². The van der Waals surface area contributed by atoms with Gasteiger partial charge in [-0.3, -0.25) is 9.52 Å². The second-order valence-corrected chi connectivity index (χ2v) is 6.38. The van der Waals surface area contributed by atoms with Gasteiger partial charge in [0.15, 0.2) is 0 Å². The molecule has 0 spiro atoms. The first-order valence-electron chi connectivity index (χ1n) is 6.61. The number of carbonyl (C=O) groups is 1. The smallest absolute Gasteiger partial charge is 0.261 e. The van der Waals surface area contributed by atoms with Crippen LogP contribution >= 0.6 is 0 Å². The van der Waals surface area contributed by atoms with E-state index in [1.54, 1.807) is 36.4 Å². The van der Waals surface area contributed by atoms with Gasteiger partial charge < -0.3 is 11.1 Å². The van der Waals surface area contributed by atoms with Crippen molar-refractivity contribution in [1.29, 1.82) is 0 Å². The zero-order chi connectivity index (χ0) is 16.2. The summed E-state index contributed by atoms with van der Waals surface area (Å²) < 4.78 is 27.0. The zero-order valence-electron chi connectivity index (χ0n) is 12.0. The molecule has 0 aromatic heterocycles. The molecule has 0 aliphatic carbocycles. The van der Waals surface area contributed by atoms with Crippen molar-refractivity contribution in [2.45, 2.75) is 11.8 Å². The number of hydrogen-bond donors (Lipinski definition) is 3. The molecule has 2 rings (SSSR count). The SMILES string of the molecule is Cc1ccc(NS(=O)(=O)c2ccccc2)cc1NC(=O)CN. The van der Waals surface area contributed by atoms with Gasteiger partial charge in [-0.25, -0.2) is 8.42 Å². The van der Waals surface area contributed by atoms with Crippen molar-refractivity contribution in [3.05, 3.63) is 54.1 Å². The number of nitrogens with one attached hydrogen (secondary N) is 2. The summed E-state index contributed by atoms with van der Waals surface area (Å²) in [6.07, 6.45) is 0. The third-order valence-corrected chi connectivity index (χ3v) is 4.40. The van der Waals surface area contributed by atoms with Gasteiger partial charge in [-0.15, -0.1) is 0 Å². The molecule has 0 saturated carbocycles. The van der Waals surface area contributed by atoms with Gasteiger partial charge in [0, 0.05) is 5.69 Å². The minimum Gasteiger partial charge on any atom is -0.325 e. The maximum Gasteiger partial charge on any atom is 0.261 e. The summed E-state index contributed by atoms with van der Waals surface area (Å²) >= 11 is 0. The van der Waals surface area contributed by atoms with Crippen LogP contribution in [0.4, 0.5) is 11.4 Å². The lowest BCUT2D eigenvalue weighted by Gasteiger charge is -2.12. The number of carbonyl (C=O) groups excluding carboxylic acids is 1. The van der Waals surface area contributed by atoms with Gasteiger partial charge >= 0.3 is 0 Å². The molecule has 2 aromatic rings. The number of rotatable bonds is 5. The first-order chi connectivity index (χ1) is 10.4. The van der Waals surface area contributed by atoms with Crippen molar-refractivity contribution >= 4 is 27.3 Å². The third kappa shape index (κ3) is 3.84. The van der Waals surface area contributed by atoms with Gasteiger partial charge in [-0.1, -0.05) is 24.3 Å². The van der Waals surface area contributed by atoms with Crippen molar-refractivity contribution in [3.8, 4) is 0 Å². The monoisotopic (exact) mass is 319 g/mol. The summed E-state index contributed by atoms with van der Waals surface area (Å²) in [7, 11) is -3.66. The van der Waals surface area contributed by atoms with Gasteiger partial charge in [0.25, 0.3) is 10.0 Å². The molecule has 0 bridgehead atoms. The van der Waals surface area contributed by atoms with Gasteiger partial charge in [-0.05, 0) is 36.8 Å². The summed E-state index contributed by atoms with van der Waals surface area (Å²) in [5.41, 5.74) is 6.95. The fourth-order valence-corrected chi connectivity index (χ4v) is 2.91. The minimum atomic E-state index is -3.66. The molecule has 7 heteroatoms. The molecule has 0 heterocycles. The van der Waals surface area contributed by atoms with E-state index >= 15 is 0 Å². The number of sulfonamides is 1. The number of benzene rings is 2. The van der Waals surface area contributed by atoms with E-state index in [1.807, 2.05) is 6.92 Å². The molecule has 4 N–H and O–H groups in total.